The largest absolute Gasteiger partial charge is 0.480 e. The molecule has 8 N–H and O–H groups in total. The number of aliphatic hydroxyl groups excluding tert-OH is 1. The summed E-state index contributed by atoms with van der Waals surface area (Å²) in [6.45, 7) is 2.74. The number of carboxylic acids is 1. The molecule has 158 valence electrons. The first kappa shape index (κ1) is 23.3. The van der Waals surface area contributed by atoms with Crippen LogP contribution >= 0.6 is 0 Å². The molecule has 1 saturated heterocycles. The zero-order chi connectivity index (χ0) is 21.6. The molecule has 5 unspecified atom stereocenters. The lowest BCUT2D eigenvalue weighted by atomic mass is 10.1. The molecule has 0 spiro atoms. The maximum Gasteiger partial charge on any atom is 0.325 e. The van der Waals surface area contributed by atoms with Crippen LogP contribution in [0.4, 0.5) is 0 Å². The molecule has 0 radical (unpaired) electrons. The van der Waals surface area contributed by atoms with E-state index in [0.717, 1.165) is 0 Å². The molecule has 0 saturated carbocycles. The molecule has 1 rings (SSSR count). The van der Waals surface area contributed by atoms with Gasteiger partial charge < -0.3 is 37.2 Å². The van der Waals surface area contributed by atoms with Crippen molar-refractivity contribution < 1.29 is 34.2 Å². The highest BCUT2D eigenvalue weighted by atomic mass is 16.4. The van der Waals surface area contributed by atoms with Crippen LogP contribution < -0.4 is 22.1 Å². The SMILES string of the molecule is CC(NC(=O)C(NC(=O)C1CCCN1C(=O)C(N)CC(N)=O)C(C)O)C(=O)O. The summed E-state index contributed by atoms with van der Waals surface area (Å²) in [5.41, 5.74) is 10.7. The lowest BCUT2D eigenvalue weighted by Gasteiger charge is -2.29. The van der Waals surface area contributed by atoms with Crippen molar-refractivity contribution in [3.05, 3.63) is 0 Å². The number of likely N-dealkylation sites (tertiary alicyclic amines) is 1. The number of nitrogens with zero attached hydrogens (tertiary/aromatic N) is 1. The number of primary amides is 1. The first-order valence-corrected chi connectivity index (χ1v) is 8.81. The highest BCUT2D eigenvalue weighted by Crippen LogP contribution is 2.19. The van der Waals surface area contributed by atoms with Crippen LogP contribution in [0.25, 0.3) is 0 Å². The molecule has 0 aromatic carbocycles. The third kappa shape index (κ3) is 6.16. The maximum absolute atomic E-state index is 12.6. The summed E-state index contributed by atoms with van der Waals surface area (Å²) in [4.78, 5) is 60.2. The van der Waals surface area contributed by atoms with Crippen LogP contribution in [-0.2, 0) is 24.0 Å². The Morgan fingerprint density at radius 2 is 1.79 bits per heavy atom. The monoisotopic (exact) mass is 401 g/mol. The number of aliphatic carboxylic acids is 1. The van der Waals surface area contributed by atoms with E-state index in [1.54, 1.807) is 0 Å². The molecule has 1 aliphatic heterocycles. The van der Waals surface area contributed by atoms with Crippen molar-refractivity contribution in [1.29, 1.82) is 0 Å². The quantitative estimate of drug-likeness (QED) is 0.229. The molecule has 28 heavy (non-hydrogen) atoms. The van der Waals surface area contributed by atoms with Gasteiger partial charge in [-0.25, -0.2) is 0 Å². The number of carbonyl (C=O) groups excluding carboxylic acids is 4. The van der Waals surface area contributed by atoms with Crippen LogP contribution in [0.15, 0.2) is 0 Å². The molecule has 0 aromatic heterocycles. The van der Waals surface area contributed by atoms with E-state index in [1.807, 2.05) is 0 Å². The van der Waals surface area contributed by atoms with Gasteiger partial charge in [-0.15, -0.1) is 0 Å². The predicted octanol–water partition coefficient (Wildman–Crippen LogP) is -3.36. The molecule has 1 fully saturated rings. The van der Waals surface area contributed by atoms with Crippen molar-refractivity contribution in [3.8, 4) is 0 Å². The van der Waals surface area contributed by atoms with Gasteiger partial charge in [-0.05, 0) is 26.7 Å². The molecule has 12 heteroatoms. The minimum absolute atomic E-state index is 0.241. The Kier molecular flexibility index (Phi) is 8.32. The Hall–Kier alpha value is -2.73. The van der Waals surface area contributed by atoms with Gasteiger partial charge in [0.05, 0.1) is 18.6 Å². The highest BCUT2D eigenvalue weighted by molar-refractivity contribution is 5.95. The van der Waals surface area contributed by atoms with Gasteiger partial charge in [0.1, 0.15) is 18.1 Å². The number of carbonyl (C=O) groups is 5. The lowest BCUT2D eigenvalue weighted by Crippen LogP contribution is -2.59. The Labute approximate surface area is 161 Å². The smallest absolute Gasteiger partial charge is 0.325 e. The second-order valence-corrected chi connectivity index (χ2v) is 6.76. The average Bonchev–Trinajstić information content (AvgIpc) is 3.07. The van der Waals surface area contributed by atoms with Gasteiger partial charge in [0.25, 0.3) is 0 Å². The van der Waals surface area contributed by atoms with E-state index in [0.29, 0.717) is 12.8 Å². The Morgan fingerprint density at radius 3 is 2.29 bits per heavy atom. The Morgan fingerprint density at radius 1 is 1.18 bits per heavy atom. The van der Waals surface area contributed by atoms with E-state index >= 15 is 0 Å². The third-order valence-electron chi connectivity index (χ3n) is 4.37. The first-order chi connectivity index (χ1) is 13.0. The summed E-state index contributed by atoms with van der Waals surface area (Å²) in [6, 6.07) is -4.75. The Bertz CT molecular complexity index is 639. The van der Waals surface area contributed by atoms with Crippen LogP contribution in [0.2, 0.25) is 0 Å². The van der Waals surface area contributed by atoms with E-state index in [2.05, 4.69) is 10.6 Å². The van der Waals surface area contributed by atoms with Gasteiger partial charge in [-0.2, -0.15) is 0 Å². The number of rotatable bonds is 9. The van der Waals surface area contributed by atoms with Crippen LogP contribution in [0, 0.1) is 0 Å². The third-order valence-corrected chi connectivity index (χ3v) is 4.37. The van der Waals surface area contributed by atoms with Crippen molar-refractivity contribution in [2.75, 3.05) is 6.54 Å². The summed E-state index contributed by atoms with van der Waals surface area (Å²) in [7, 11) is 0. The first-order valence-electron chi connectivity index (χ1n) is 8.81. The number of carboxylic acid groups (broad SMARTS) is 1. The van der Waals surface area contributed by atoms with E-state index in [4.69, 9.17) is 16.6 Å². The molecule has 12 nitrogen and oxygen atoms in total. The topological polar surface area (TPSA) is 205 Å². The van der Waals surface area contributed by atoms with Crippen molar-refractivity contribution >= 4 is 29.6 Å². The van der Waals surface area contributed by atoms with Gasteiger partial charge in [0.2, 0.25) is 23.6 Å². The molecule has 0 aromatic rings. The second-order valence-electron chi connectivity index (χ2n) is 6.76. The van der Waals surface area contributed by atoms with E-state index in [9.17, 15) is 29.1 Å². The molecule has 1 heterocycles. The van der Waals surface area contributed by atoms with Crippen molar-refractivity contribution in [3.63, 3.8) is 0 Å². The fourth-order valence-electron chi connectivity index (χ4n) is 2.84. The lowest BCUT2D eigenvalue weighted by molar-refractivity contribution is -0.143. The molecule has 4 amide bonds. The molecule has 0 aliphatic carbocycles. The normalized spacial score (nSPS) is 20.6. The molecule has 0 bridgehead atoms. The van der Waals surface area contributed by atoms with E-state index in [-0.39, 0.29) is 13.0 Å². The van der Waals surface area contributed by atoms with Gasteiger partial charge in [-0.1, -0.05) is 0 Å². The van der Waals surface area contributed by atoms with Crippen LogP contribution in [0.3, 0.4) is 0 Å². The van der Waals surface area contributed by atoms with Gasteiger partial charge >= 0.3 is 5.97 Å². The van der Waals surface area contributed by atoms with Crippen LogP contribution in [0.1, 0.15) is 33.1 Å². The standard InChI is InChI=1S/C16H27N5O7/c1-7(16(27)28)19-14(25)12(8(2)22)20-13(24)10-4-3-5-21(10)15(26)9(17)6-11(18)23/h7-10,12,22H,3-6,17H2,1-2H3,(H2,18,23)(H,19,25)(H,20,24)(H,27,28). The Balaban J connectivity index is 2.83. The number of nitrogens with one attached hydrogen (secondary N) is 2. The molecule has 5 atom stereocenters. The predicted molar refractivity (Wildman–Crippen MR) is 95.4 cm³/mol. The maximum atomic E-state index is 12.6. The minimum atomic E-state index is -1.41. The summed E-state index contributed by atoms with van der Waals surface area (Å²) >= 11 is 0. The van der Waals surface area contributed by atoms with Gasteiger partial charge in [-0.3, -0.25) is 24.0 Å². The fourth-order valence-corrected chi connectivity index (χ4v) is 2.84. The number of hydrogen-bond donors (Lipinski definition) is 6. The van der Waals surface area contributed by atoms with Gasteiger partial charge in [0, 0.05) is 6.54 Å². The van der Waals surface area contributed by atoms with Crippen molar-refractivity contribution in [2.24, 2.45) is 11.5 Å². The number of hydrogen-bond acceptors (Lipinski definition) is 7. The van der Waals surface area contributed by atoms with Crippen molar-refractivity contribution in [1.82, 2.24) is 15.5 Å². The zero-order valence-corrected chi connectivity index (χ0v) is 15.8. The minimum Gasteiger partial charge on any atom is -0.480 e. The average molecular weight is 401 g/mol. The second kappa shape index (κ2) is 9.99. The molecule has 1 aliphatic rings. The summed E-state index contributed by atoms with van der Waals surface area (Å²) < 4.78 is 0. The number of amides is 4. The fraction of sp³-hybridized carbons (Fsp3) is 0.688. The zero-order valence-electron chi connectivity index (χ0n) is 15.8. The van der Waals surface area contributed by atoms with Gasteiger partial charge in [0.15, 0.2) is 0 Å². The molecular weight excluding hydrogens is 374 g/mol. The van der Waals surface area contributed by atoms with Crippen LogP contribution in [-0.4, -0.2) is 81.5 Å². The van der Waals surface area contributed by atoms with Crippen molar-refractivity contribution in [2.45, 2.75) is 63.4 Å². The highest BCUT2D eigenvalue weighted by Gasteiger charge is 2.38. The van der Waals surface area contributed by atoms with Crippen LogP contribution in [0.5, 0.6) is 0 Å². The van der Waals surface area contributed by atoms with E-state index in [1.165, 1.54) is 18.7 Å². The summed E-state index contributed by atoms with van der Waals surface area (Å²) in [6.07, 6.45) is -0.863. The number of nitrogens with two attached hydrogens (primary N) is 2. The number of aliphatic hydroxyl groups is 1. The summed E-state index contributed by atoms with van der Waals surface area (Å²) in [5.74, 6) is -4.21. The van der Waals surface area contributed by atoms with E-state index < -0.39 is 59.9 Å². The molecular formula is C16H27N5O7. The summed E-state index contributed by atoms with van der Waals surface area (Å²) in [5, 5.41) is 23.2.